The van der Waals surface area contributed by atoms with Gasteiger partial charge in [-0.3, -0.25) is 0 Å². The monoisotopic (exact) mass is 213 g/mol. The molecule has 90 valence electrons. The molecule has 1 heterocycles. The van der Waals surface area contributed by atoms with Crippen molar-refractivity contribution >= 4 is 0 Å². The van der Waals surface area contributed by atoms with Gasteiger partial charge in [-0.25, -0.2) is 0 Å². The lowest BCUT2D eigenvalue weighted by Gasteiger charge is -2.30. The SMILES string of the molecule is CCC(C)C(C)COC1CCN(C)CC1. The average molecular weight is 213 g/mol. The minimum atomic E-state index is 0.521. The van der Waals surface area contributed by atoms with Gasteiger partial charge >= 0.3 is 0 Å². The second kappa shape index (κ2) is 6.49. The van der Waals surface area contributed by atoms with E-state index in [1.54, 1.807) is 0 Å². The summed E-state index contributed by atoms with van der Waals surface area (Å²) < 4.78 is 5.99. The van der Waals surface area contributed by atoms with Gasteiger partial charge in [0.05, 0.1) is 6.10 Å². The molecule has 0 radical (unpaired) electrons. The third kappa shape index (κ3) is 4.52. The van der Waals surface area contributed by atoms with E-state index in [9.17, 15) is 0 Å². The lowest BCUT2D eigenvalue weighted by molar-refractivity contribution is -0.0106. The maximum atomic E-state index is 5.99. The Bertz CT molecular complexity index is 164. The van der Waals surface area contributed by atoms with Crippen molar-refractivity contribution < 1.29 is 4.74 Å². The lowest BCUT2D eigenvalue weighted by Crippen LogP contribution is -2.35. The highest BCUT2D eigenvalue weighted by molar-refractivity contribution is 4.70. The van der Waals surface area contributed by atoms with Gasteiger partial charge in [0.1, 0.15) is 0 Å². The van der Waals surface area contributed by atoms with Crippen molar-refractivity contribution in [2.45, 2.75) is 46.1 Å². The Labute approximate surface area is 95.0 Å². The second-order valence-electron chi connectivity index (χ2n) is 5.20. The normalized spacial score (nSPS) is 24.0. The number of likely N-dealkylation sites (tertiary alicyclic amines) is 1. The molecule has 0 amide bonds. The van der Waals surface area contributed by atoms with Gasteiger partial charge < -0.3 is 9.64 Å². The van der Waals surface area contributed by atoms with E-state index >= 15 is 0 Å². The van der Waals surface area contributed by atoms with Crippen molar-refractivity contribution in [2.24, 2.45) is 11.8 Å². The predicted octanol–water partition coefficient (Wildman–Crippen LogP) is 2.78. The van der Waals surface area contributed by atoms with Crippen LogP contribution in [-0.4, -0.2) is 37.7 Å². The summed E-state index contributed by atoms with van der Waals surface area (Å²) in [5, 5.41) is 0. The Balaban J connectivity index is 2.14. The van der Waals surface area contributed by atoms with E-state index in [4.69, 9.17) is 4.74 Å². The molecule has 2 unspecified atom stereocenters. The molecule has 0 N–H and O–H groups in total. The number of nitrogens with zero attached hydrogens (tertiary/aromatic N) is 1. The summed E-state index contributed by atoms with van der Waals surface area (Å²) in [6, 6.07) is 0. The van der Waals surface area contributed by atoms with Crippen LogP contribution in [0.15, 0.2) is 0 Å². The van der Waals surface area contributed by atoms with Crippen LogP contribution in [0, 0.1) is 11.8 Å². The van der Waals surface area contributed by atoms with Crippen molar-refractivity contribution in [3.05, 3.63) is 0 Å². The Hall–Kier alpha value is -0.0800. The molecule has 1 aliphatic heterocycles. The Morgan fingerprint density at radius 2 is 1.80 bits per heavy atom. The first kappa shape index (κ1) is 13.0. The van der Waals surface area contributed by atoms with Crippen LogP contribution in [0.25, 0.3) is 0 Å². The molecular weight excluding hydrogens is 186 g/mol. The van der Waals surface area contributed by atoms with Crippen LogP contribution in [0.1, 0.15) is 40.0 Å². The standard InChI is InChI=1S/C13H27NO/c1-5-11(2)12(3)10-15-13-6-8-14(4)9-7-13/h11-13H,5-10H2,1-4H3. The van der Waals surface area contributed by atoms with Crippen molar-refractivity contribution in [1.82, 2.24) is 4.90 Å². The van der Waals surface area contributed by atoms with Crippen molar-refractivity contribution in [3.63, 3.8) is 0 Å². The summed E-state index contributed by atoms with van der Waals surface area (Å²) in [6.07, 6.45) is 4.21. The number of ether oxygens (including phenoxy) is 1. The lowest BCUT2D eigenvalue weighted by atomic mass is 9.94. The van der Waals surface area contributed by atoms with Crippen molar-refractivity contribution in [1.29, 1.82) is 0 Å². The molecule has 0 aliphatic carbocycles. The third-order valence-corrected chi connectivity index (χ3v) is 3.88. The smallest absolute Gasteiger partial charge is 0.0599 e. The van der Waals surface area contributed by atoms with Crippen LogP contribution in [0.5, 0.6) is 0 Å². The van der Waals surface area contributed by atoms with E-state index in [1.165, 1.54) is 32.4 Å². The van der Waals surface area contributed by atoms with E-state index in [1.807, 2.05) is 0 Å². The minimum absolute atomic E-state index is 0.521. The van der Waals surface area contributed by atoms with E-state index in [2.05, 4.69) is 32.7 Å². The van der Waals surface area contributed by atoms with Crippen LogP contribution in [-0.2, 0) is 4.74 Å². The number of hydrogen-bond acceptors (Lipinski definition) is 2. The molecule has 2 nitrogen and oxygen atoms in total. The molecule has 0 spiro atoms. The molecule has 1 fully saturated rings. The summed E-state index contributed by atoms with van der Waals surface area (Å²) in [5.41, 5.74) is 0. The molecule has 1 saturated heterocycles. The van der Waals surface area contributed by atoms with Gasteiger partial charge in [-0.05, 0) is 31.7 Å². The highest BCUT2D eigenvalue weighted by Crippen LogP contribution is 2.18. The maximum Gasteiger partial charge on any atom is 0.0599 e. The number of piperidine rings is 1. The van der Waals surface area contributed by atoms with Crippen LogP contribution >= 0.6 is 0 Å². The molecular formula is C13H27NO. The Kier molecular flexibility index (Phi) is 5.62. The van der Waals surface area contributed by atoms with Crippen molar-refractivity contribution in [3.8, 4) is 0 Å². The molecule has 0 aromatic heterocycles. The number of rotatable bonds is 5. The van der Waals surface area contributed by atoms with Crippen molar-refractivity contribution in [2.75, 3.05) is 26.7 Å². The minimum Gasteiger partial charge on any atom is -0.378 e. The van der Waals surface area contributed by atoms with E-state index in [-0.39, 0.29) is 0 Å². The largest absolute Gasteiger partial charge is 0.378 e. The Morgan fingerprint density at radius 3 is 2.33 bits per heavy atom. The summed E-state index contributed by atoms with van der Waals surface area (Å²) in [5.74, 6) is 1.49. The van der Waals surface area contributed by atoms with Gasteiger partial charge in [0.25, 0.3) is 0 Å². The molecule has 1 rings (SSSR count). The van der Waals surface area contributed by atoms with Gasteiger partial charge in [-0.15, -0.1) is 0 Å². The quantitative estimate of drug-likeness (QED) is 0.696. The molecule has 0 aromatic rings. The van der Waals surface area contributed by atoms with Crippen LogP contribution in [0.3, 0.4) is 0 Å². The highest BCUT2D eigenvalue weighted by Gasteiger charge is 2.18. The van der Waals surface area contributed by atoms with Gasteiger partial charge in [0.2, 0.25) is 0 Å². The summed E-state index contributed by atoms with van der Waals surface area (Å²) >= 11 is 0. The zero-order valence-corrected chi connectivity index (χ0v) is 10.8. The van der Waals surface area contributed by atoms with Gasteiger partial charge in [-0.1, -0.05) is 27.2 Å². The van der Waals surface area contributed by atoms with Crippen LogP contribution in [0.4, 0.5) is 0 Å². The fourth-order valence-corrected chi connectivity index (χ4v) is 2.01. The molecule has 0 bridgehead atoms. The zero-order valence-electron chi connectivity index (χ0n) is 10.8. The highest BCUT2D eigenvalue weighted by atomic mass is 16.5. The van der Waals surface area contributed by atoms with Crippen LogP contribution < -0.4 is 0 Å². The summed E-state index contributed by atoms with van der Waals surface area (Å²) in [7, 11) is 2.19. The molecule has 0 aromatic carbocycles. The van der Waals surface area contributed by atoms with E-state index < -0.39 is 0 Å². The predicted molar refractivity (Wildman–Crippen MR) is 65.1 cm³/mol. The fraction of sp³-hybridized carbons (Fsp3) is 1.00. The maximum absolute atomic E-state index is 5.99. The summed E-state index contributed by atoms with van der Waals surface area (Å²) in [6.45, 7) is 10.2. The second-order valence-corrected chi connectivity index (χ2v) is 5.20. The first-order chi connectivity index (χ1) is 7.13. The summed E-state index contributed by atoms with van der Waals surface area (Å²) in [4.78, 5) is 2.39. The third-order valence-electron chi connectivity index (χ3n) is 3.88. The molecule has 2 heteroatoms. The topological polar surface area (TPSA) is 12.5 Å². The molecule has 0 saturated carbocycles. The van der Waals surface area contributed by atoms with E-state index in [0.29, 0.717) is 12.0 Å². The average Bonchev–Trinajstić information content (AvgIpc) is 2.26. The van der Waals surface area contributed by atoms with Gasteiger partial charge in [0, 0.05) is 19.7 Å². The van der Waals surface area contributed by atoms with Gasteiger partial charge in [0.15, 0.2) is 0 Å². The first-order valence-corrected chi connectivity index (χ1v) is 6.43. The molecule has 1 aliphatic rings. The Morgan fingerprint density at radius 1 is 1.20 bits per heavy atom. The first-order valence-electron chi connectivity index (χ1n) is 6.43. The molecule has 2 atom stereocenters. The zero-order chi connectivity index (χ0) is 11.3. The van der Waals surface area contributed by atoms with Gasteiger partial charge in [-0.2, -0.15) is 0 Å². The molecule has 15 heavy (non-hydrogen) atoms. The fourth-order valence-electron chi connectivity index (χ4n) is 2.01. The van der Waals surface area contributed by atoms with E-state index in [0.717, 1.165) is 12.5 Å². The number of hydrogen-bond donors (Lipinski definition) is 0. The van der Waals surface area contributed by atoms with Crippen LogP contribution in [0.2, 0.25) is 0 Å².